The number of aromatic carboxylic acids is 2. The Kier molecular flexibility index (Phi) is 5.54. The Bertz CT molecular complexity index is 1130. The number of para-hydroxylation sites is 2. The zero-order chi connectivity index (χ0) is 21.8. The number of nitro benzene ring substituents is 1. The van der Waals surface area contributed by atoms with E-state index in [4.69, 9.17) is 0 Å². The van der Waals surface area contributed by atoms with Gasteiger partial charge in [0.2, 0.25) is 0 Å². The topological polar surface area (TPSA) is 138 Å². The summed E-state index contributed by atoms with van der Waals surface area (Å²) >= 11 is 0. The molecule has 0 bridgehead atoms. The molecule has 9 nitrogen and oxygen atoms in total. The summed E-state index contributed by atoms with van der Waals surface area (Å²) in [6, 6.07) is 16.7. The molecule has 1 amide bonds. The number of anilines is 2. The van der Waals surface area contributed by atoms with Crippen molar-refractivity contribution in [1.82, 2.24) is 0 Å². The van der Waals surface area contributed by atoms with Crippen LogP contribution in [0.5, 0.6) is 0 Å². The van der Waals surface area contributed by atoms with Crippen LogP contribution in [-0.2, 0) is 0 Å². The van der Waals surface area contributed by atoms with Crippen LogP contribution in [0, 0.1) is 10.1 Å². The average molecular weight is 406 g/mol. The molecule has 3 aromatic rings. The highest BCUT2D eigenvalue weighted by Gasteiger charge is 2.33. The van der Waals surface area contributed by atoms with Gasteiger partial charge in [0.1, 0.15) is 5.56 Å². The summed E-state index contributed by atoms with van der Waals surface area (Å²) in [7, 11) is 0. The number of hydrogen-bond acceptors (Lipinski definition) is 5. The van der Waals surface area contributed by atoms with Gasteiger partial charge in [0.05, 0.1) is 21.7 Å². The van der Waals surface area contributed by atoms with E-state index < -0.39 is 39.6 Å². The molecule has 0 radical (unpaired) electrons. The molecular formula is C21H14N2O7. The van der Waals surface area contributed by atoms with Crippen LogP contribution in [0.15, 0.2) is 72.8 Å². The number of hydrogen-bond donors (Lipinski definition) is 2. The largest absolute Gasteiger partial charge is 0.478 e. The number of nitrogens with zero attached hydrogens (tertiary/aromatic N) is 2. The SMILES string of the molecule is O=C(O)c1ccccc1N(C(=O)c1c(C(=O)O)cccc1[N+](=O)[O-])c1ccccc1. The van der Waals surface area contributed by atoms with Crippen molar-refractivity contribution in [3.63, 3.8) is 0 Å². The fourth-order valence-corrected chi connectivity index (χ4v) is 3.00. The molecule has 0 aliphatic carbocycles. The lowest BCUT2D eigenvalue weighted by molar-refractivity contribution is -0.385. The van der Waals surface area contributed by atoms with E-state index >= 15 is 0 Å². The molecule has 0 aromatic heterocycles. The molecule has 2 N–H and O–H groups in total. The predicted molar refractivity (Wildman–Crippen MR) is 106 cm³/mol. The molecule has 0 fully saturated rings. The van der Waals surface area contributed by atoms with Gasteiger partial charge in [-0.15, -0.1) is 0 Å². The van der Waals surface area contributed by atoms with E-state index in [-0.39, 0.29) is 16.9 Å². The molecule has 0 heterocycles. The van der Waals surface area contributed by atoms with Crippen LogP contribution in [0.3, 0.4) is 0 Å². The van der Waals surface area contributed by atoms with Crippen molar-refractivity contribution in [2.75, 3.05) is 4.90 Å². The van der Waals surface area contributed by atoms with Crippen molar-refractivity contribution in [3.8, 4) is 0 Å². The maximum absolute atomic E-state index is 13.5. The van der Waals surface area contributed by atoms with Gasteiger partial charge in [-0.25, -0.2) is 9.59 Å². The van der Waals surface area contributed by atoms with Crippen molar-refractivity contribution in [1.29, 1.82) is 0 Å². The summed E-state index contributed by atoms with van der Waals surface area (Å²) in [5.41, 5.74) is -2.00. The van der Waals surface area contributed by atoms with Gasteiger partial charge in [-0.05, 0) is 30.3 Å². The predicted octanol–water partition coefficient (Wildman–Crippen LogP) is 3.97. The lowest BCUT2D eigenvalue weighted by atomic mass is 10.0. The zero-order valence-electron chi connectivity index (χ0n) is 15.3. The van der Waals surface area contributed by atoms with Crippen molar-refractivity contribution in [3.05, 3.63) is 99.6 Å². The first-order valence-electron chi connectivity index (χ1n) is 8.55. The summed E-state index contributed by atoms with van der Waals surface area (Å²) in [5, 5.41) is 30.6. The number of carboxylic acid groups (broad SMARTS) is 2. The van der Waals surface area contributed by atoms with Crippen LogP contribution < -0.4 is 4.90 Å². The summed E-state index contributed by atoms with van der Waals surface area (Å²) in [6.07, 6.45) is 0. The van der Waals surface area contributed by atoms with Crippen LogP contribution in [0.1, 0.15) is 31.1 Å². The van der Waals surface area contributed by atoms with Crippen LogP contribution >= 0.6 is 0 Å². The molecule has 9 heteroatoms. The fraction of sp³-hybridized carbons (Fsp3) is 0. The zero-order valence-corrected chi connectivity index (χ0v) is 15.3. The van der Waals surface area contributed by atoms with Crippen molar-refractivity contribution < 1.29 is 29.5 Å². The number of amides is 1. The average Bonchev–Trinajstić information content (AvgIpc) is 2.74. The number of carbonyl (C=O) groups excluding carboxylic acids is 1. The third kappa shape index (κ3) is 3.72. The lowest BCUT2D eigenvalue weighted by Crippen LogP contribution is -2.30. The first kappa shape index (κ1) is 20.2. The van der Waals surface area contributed by atoms with Gasteiger partial charge < -0.3 is 10.2 Å². The van der Waals surface area contributed by atoms with Gasteiger partial charge in [-0.3, -0.25) is 19.8 Å². The van der Waals surface area contributed by atoms with Crippen molar-refractivity contribution in [2.45, 2.75) is 0 Å². The van der Waals surface area contributed by atoms with Crippen molar-refractivity contribution in [2.24, 2.45) is 0 Å². The Hall–Kier alpha value is -4.53. The maximum atomic E-state index is 13.5. The molecule has 3 aromatic carbocycles. The Morgan fingerprint density at radius 1 is 0.767 bits per heavy atom. The Morgan fingerprint density at radius 3 is 1.93 bits per heavy atom. The number of carbonyl (C=O) groups is 3. The smallest absolute Gasteiger partial charge is 0.337 e. The van der Waals surface area contributed by atoms with Gasteiger partial charge in [0.25, 0.3) is 11.6 Å². The molecule has 0 spiro atoms. The highest BCUT2D eigenvalue weighted by atomic mass is 16.6. The molecule has 0 unspecified atom stereocenters. The minimum atomic E-state index is -1.53. The van der Waals surface area contributed by atoms with Gasteiger partial charge in [0, 0.05) is 11.8 Å². The second kappa shape index (κ2) is 8.23. The fourth-order valence-electron chi connectivity index (χ4n) is 3.00. The number of nitro groups is 1. The molecule has 150 valence electrons. The Balaban J connectivity index is 2.33. The third-order valence-electron chi connectivity index (χ3n) is 4.28. The third-order valence-corrected chi connectivity index (χ3v) is 4.28. The van der Waals surface area contributed by atoms with Crippen molar-refractivity contribution >= 4 is 34.9 Å². The van der Waals surface area contributed by atoms with E-state index in [9.17, 15) is 34.7 Å². The van der Waals surface area contributed by atoms with E-state index in [1.165, 1.54) is 36.4 Å². The molecule has 0 saturated carbocycles. The molecular weight excluding hydrogens is 392 g/mol. The minimum absolute atomic E-state index is 0.0595. The molecule has 30 heavy (non-hydrogen) atoms. The Morgan fingerprint density at radius 2 is 1.33 bits per heavy atom. The Labute approximate surface area is 169 Å². The summed E-state index contributed by atoms with van der Waals surface area (Å²) in [6.45, 7) is 0. The van der Waals surface area contributed by atoms with Crippen LogP contribution in [0.4, 0.5) is 17.1 Å². The van der Waals surface area contributed by atoms with Crippen LogP contribution in [0.25, 0.3) is 0 Å². The first-order chi connectivity index (χ1) is 14.3. The van der Waals surface area contributed by atoms with Gasteiger partial charge in [0.15, 0.2) is 0 Å². The van der Waals surface area contributed by atoms with Crippen LogP contribution in [0.2, 0.25) is 0 Å². The maximum Gasteiger partial charge on any atom is 0.337 e. The quantitative estimate of drug-likeness (QED) is 0.466. The second-order valence-electron chi connectivity index (χ2n) is 6.06. The summed E-state index contributed by atoms with van der Waals surface area (Å²) in [4.78, 5) is 48.6. The van der Waals surface area contributed by atoms with Gasteiger partial charge in [-0.2, -0.15) is 0 Å². The van der Waals surface area contributed by atoms with Gasteiger partial charge in [-0.1, -0.05) is 36.4 Å². The number of carboxylic acids is 2. The highest BCUT2D eigenvalue weighted by Crippen LogP contribution is 2.34. The first-order valence-corrected chi connectivity index (χ1v) is 8.55. The molecule has 0 atom stereocenters. The van der Waals surface area contributed by atoms with Gasteiger partial charge >= 0.3 is 11.9 Å². The van der Waals surface area contributed by atoms with Crippen LogP contribution in [-0.4, -0.2) is 33.0 Å². The van der Waals surface area contributed by atoms with E-state index in [0.29, 0.717) is 0 Å². The van der Waals surface area contributed by atoms with E-state index in [2.05, 4.69) is 0 Å². The van der Waals surface area contributed by atoms with E-state index in [0.717, 1.165) is 23.1 Å². The standard InChI is InChI=1S/C21H14N2O7/c24-19(18-15(21(27)28)10-6-12-17(18)23(29)30)22(13-7-2-1-3-8-13)16-11-5-4-9-14(16)20(25)26/h1-12H,(H,25,26)(H,27,28). The summed E-state index contributed by atoms with van der Waals surface area (Å²) < 4.78 is 0. The van der Waals surface area contributed by atoms with E-state index in [1.54, 1.807) is 18.2 Å². The molecule has 0 saturated heterocycles. The minimum Gasteiger partial charge on any atom is -0.478 e. The monoisotopic (exact) mass is 406 g/mol. The molecule has 3 rings (SSSR count). The summed E-state index contributed by atoms with van der Waals surface area (Å²) in [5.74, 6) is -3.89. The number of rotatable bonds is 6. The highest BCUT2D eigenvalue weighted by molar-refractivity contribution is 6.19. The molecule has 0 aliphatic heterocycles. The normalized spacial score (nSPS) is 10.3. The second-order valence-corrected chi connectivity index (χ2v) is 6.06. The number of benzene rings is 3. The van der Waals surface area contributed by atoms with E-state index in [1.807, 2.05) is 0 Å². The lowest BCUT2D eigenvalue weighted by Gasteiger charge is -2.25. The molecule has 0 aliphatic rings.